The maximum Gasteiger partial charge on any atom is 0.308 e. The molecule has 7 heteroatoms. The minimum Gasteiger partial charge on any atom is -0.469 e. The fourth-order valence-electron chi connectivity index (χ4n) is 3.65. The SMILES string of the molecule is COC(=O)C1CCN(C(=O)C2CCN(C(=O)c3ccco3)CC2)CC1. The summed E-state index contributed by atoms with van der Waals surface area (Å²) in [6, 6.07) is 3.35. The van der Waals surface area contributed by atoms with Crippen molar-refractivity contribution < 1.29 is 23.5 Å². The molecule has 2 aliphatic heterocycles. The number of likely N-dealkylation sites (tertiary alicyclic amines) is 2. The van der Waals surface area contributed by atoms with Crippen LogP contribution >= 0.6 is 0 Å². The molecule has 2 aliphatic rings. The maximum absolute atomic E-state index is 12.7. The van der Waals surface area contributed by atoms with Crippen LogP contribution in [0.4, 0.5) is 0 Å². The van der Waals surface area contributed by atoms with Gasteiger partial charge in [0.15, 0.2) is 5.76 Å². The molecule has 0 radical (unpaired) electrons. The number of hydrogen-bond acceptors (Lipinski definition) is 5. The fraction of sp³-hybridized carbons (Fsp3) is 0.611. The van der Waals surface area contributed by atoms with Gasteiger partial charge in [0, 0.05) is 32.1 Å². The highest BCUT2D eigenvalue weighted by Crippen LogP contribution is 2.25. The van der Waals surface area contributed by atoms with Crippen LogP contribution in [0, 0.1) is 11.8 Å². The average Bonchev–Trinajstić information content (AvgIpc) is 3.21. The Morgan fingerprint density at radius 2 is 1.60 bits per heavy atom. The van der Waals surface area contributed by atoms with Crippen molar-refractivity contribution in [2.24, 2.45) is 11.8 Å². The largest absolute Gasteiger partial charge is 0.469 e. The lowest BCUT2D eigenvalue weighted by Crippen LogP contribution is -2.47. The summed E-state index contributed by atoms with van der Waals surface area (Å²) in [6.07, 6.45) is 4.15. The molecule has 0 atom stereocenters. The van der Waals surface area contributed by atoms with E-state index in [-0.39, 0.29) is 29.6 Å². The van der Waals surface area contributed by atoms with Gasteiger partial charge < -0.3 is 19.0 Å². The maximum atomic E-state index is 12.7. The van der Waals surface area contributed by atoms with Crippen molar-refractivity contribution in [3.63, 3.8) is 0 Å². The molecular weight excluding hydrogens is 324 g/mol. The molecule has 1 aromatic rings. The number of hydrogen-bond donors (Lipinski definition) is 0. The number of carbonyl (C=O) groups is 3. The third-order valence-electron chi connectivity index (χ3n) is 5.20. The standard InChI is InChI=1S/C18H24N2O5/c1-24-18(23)14-6-10-19(11-7-14)16(21)13-4-8-20(9-5-13)17(22)15-3-2-12-25-15/h2-3,12-14H,4-11H2,1H3. The van der Waals surface area contributed by atoms with Crippen LogP contribution in [0.2, 0.25) is 0 Å². The van der Waals surface area contributed by atoms with Crippen LogP contribution in [0.1, 0.15) is 36.2 Å². The Morgan fingerprint density at radius 3 is 2.16 bits per heavy atom. The van der Waals surface area contributed by atoms with Crippen molar-refractivity contribution in [3.05, 3.63) is 24.2 Å². The molecule has 0 unspecified atom stereocenters. The molecule has 0 aromatic carbocycles. The van der Waals surface area contributed by atoms with Crippen LogP contribution in [0.5, 0.6) is 0 Å². The lowest BCUT2D eigenvalue weighted by Gasteiger charge is -2.36. The molecule has 0 saturated carbocycles. The van der Waals surface area contributed by atoms with E-state index in [2.05, 4.69) is 0 Å². The Balaban J connectivity index is 1.47. The van der Waals surface area contributed by atoms with Crippen LogP contribution < -0.4 is 0 Å². The van der Waals surface area contributed by atoms with E-state index in [1.165, 1.54) is 13.4 Å². The summed E-state index contributed by atoms with van der Waals surface area (Å²) in [5.74, 6) is 0.0480. The summed E-state index contributed by atoms with van der Waals surface area (Å²) in [5.41, 5.74) is 0. The van der Waals surface area contributed by atoms with Crippen molar-refractivity contribution >= 4 is 17.8 Å². The van der Waals surface area contributed by atoms with E-state index in [0.717, 1.165) is 0 Å². The Kier molecular flexibility index (Phi) is 5.40. The Morgan fingerprint density at radius 1 is 1.00 bits per heavy atom. The smallest absolute Gasteiger partial charge is 0.308 e. The fourth-order valence-corrected chi connectivity index (χ4v) is 3.65. The van der Waals surface area contributed by atoms with E-state index in [1.807, 2.05) is 4.90 Å². The second-order valence-electron chi connectivity index (χ2n) is 6.67. The van der Waals surface area contributed by atoms with Gasteiger partial charge in [-0.3, -0.25) is 14.4 Å². The molecule has 3 heterocycles. The molecule has 2 fully saturated rings. The van der Waals surface area contributed by atoms with Crippen molar-refractivity contribution in [1.82, 2.24) is 9.80 Å². The topological polar surface area (TPSA) is 80.1 Å². The first-order chi connectivity index (χ1) is 12.1. The Labute approximate surface area is 146 Å². The summed E-state index contributed by atoms with van der Waals surface area (Å²) in [4.78, 5) is 40.1. The van der Waals surface area contributed by atoms with E-state index in [9.17, 15) is 14.4 Å². The van der Waals surface area contributed by atoms with Gasteiger partial charge in [0.2, 0.25) is 5.91 Å². The minimum absolute atomic E-state index is 0.0460. The highest BCUT2D eigenvalue weighted by molar-refractivity contribution is 5.91. The number of methoxy groups -OCH3 is 1. The highest BCUT2D eigenvalue weighted by atomic mass is 16.5. The number of carbonyl (C=O) groups excluding carboxylic acids is 3. The van der Waals surface area contributed by atoms with Crippen molar-refractivity contribution in [1.29, 1.82) is 0 Å². The number of esters is 1. The zero-order valence-corrected chi connectivity index (χ0v) is 14.5. The summed E-state index contributed by atoms with van der Waals surface area (Å²) in [7, 11) is 1.40. The van der Waals surface area contributed by atoms with Crippen LogP contribution in [0.15, 0.2) is 22.8 Å². The monoisotopic (exact) mass is 348 g/mol. The summed E-state index contributed by atoms with van der Waals surface area (Å²) in [6.45, 7) is 2.33. The van der Waals surface area contributed by atoms with Gasteiger partial charge in [0.05, 0.1) is 19.3 Å². The molecule has 1 aromatic heterocycles. The normalized spacial score (nSPS) is 19.7. The third kappa shape index (κ3) is 3.86. The molecule has 3 rings (SSSR count). The van der Waals surface area contributed by atoms with Crippen molar-refractivity contribution in [2.75, 3.05) is 33.3 Å². The first kappa shape index (κ1) is 17.5. The zero-order chi connectivity index (χ0) is 17.8. The Hall–Kier alpha value is -2.31. The minimum atomic E-state index is -0.183. The summed E-state index contributed by atoms with van der Waals surface area (Å²) in [5, 5.41) is 0. The van der Waals surface area contributed by atoms with Gasteiger partial charge in [0.1, 0.15) is 0 Å². The van der Waals surface area contributed by atoms with Crippen molar-refractivity contribution in [2.45, 2.75) is 25.7 Å². The molecule has 2 saturated heterocycles. The van der Waals surface area contributed by atoms with Gasteiger partial charge in [-0.05, 0) is 37.8 Å². The van der Waals surface area contributed by atoms with Gasteiger partial charge in [-0.1, -0.05) is 0 Å². The third-order valence-corrected chi connectivity index (χ3v) is 5.20. The number of nitrogens with zero attached hydrogens (tertiary/aromatic N) is 2. The number of piperidine rings is 2. The summed E-state index contributed by atoms with van der Waals surface area (Å²) < 4.78 is 9.93. The molecule has 136 valence electrons. The number of rotatable bonds is 3. The van der Waals surface area contributed by atoms with Gasteiger partial charge in [-0.15, -0.1) is 0 Å². The van der Waals surface area contributed by atoms with Crippen LogP contribution in [-0.4, -0.2) is 60.9 Å². The molecule has 0 N–H and O–H groups in total. The van der Waals surface area contributed by atoms with E-state index in [0.29, 0.717) is 57.6 Å². The predicted molar refractivity (Wildman–Crippen MR) is 88.7 cm³/mol. The molecule has 25 heavy (non-hydrogen) atoms. The number of ether oxygens (including phenoxy) is 1. The predicted octanol–water partition coefficient (Wildman–Crippen LogP) is 1.54. The van der Waals surface area contributed by atoms with E-state index in [4.69, 9.17) is 9.15 Å². The second kappa shape index (κ2) is 7.72. The van der Waals surface area contributed by atoms with E-state index in [1.54, 1.807) is 17.0 Å². The van der Waals surface area contributed by atoms with E-state index < -0.39 is 0 Å². The van der Waals surface area contributed by atoms with Crippen LogP contribution in [0.25, 0.3) is 0 Å². The lowest BCUT2D eigenvalue weighted by molar-refractivity contribution is -0.149. The molecule has 0 bridgehead atoms. The highest BCUT2D eigenvalue weighted by Gasteiger charge is 2.34. The zero-order valence-electron chi connectivity index (χ0n) is 14.5. The first-order valence-electron chi connectivity index (χ1n) is 8.79. The first-order valence-corrected chi connectivity index (χ1v) is 8.79. The molecule has 2 amide bonds. The quantitative estimate of drug-likeness (QED) is 0.774. The molecule has 0 spiro atoms. The van der Waals surface area contributed by atoms with E-state index >= 15 is 0 Å². The van der Waals surface area contributed by atoms with Crippen molar-refractivity contribution in [3.8, 4) is 0 Å². The van der Waals surface area contributed by atoms with Gasteiger partial charge in [-0.2, -0.15) is 0 Å². The van der Waals surface area contributed by atoms with Crippen LogP contribution in [-0.2, 0) is 14.3 Å². The second-order valence-corrected chi connectivity index (χ2v) is 6.67. The number of furan rings is 1. The number of amides is 2. The molecule has 7 nitrogen and oxygen atoms in total. The lowest BCUT2D eigenvalue weighted by atomic mass is 9.92. The van der Waals surface area contributed by atoms with Gasteiger partial charge in [0.25, 0.3) is 5.91 Å². The summed E-state index contributed by atoms with van der Waals surface area (Å²) >= 11 is 0. The van der Waals surface area contributed by atoms with Crippen LogP contribution in [0.3, 0.4) is 0 Å². The molecular formula is C18H24N2O5. The van der Waals surface area contributed by atoms with Gasteiger partial charge in [-0.25, -0.2) is 0 Å². The molecule has 0 aliphatic carbocycles. The average molecular weight is 348 g/mol. The van der Waals surface area contributed by atoms with Gasteiger partial charge >= 0.3 is 5.97 Å². The Bertz CT molecular complexity index is 611.